The van der Waals surface area contributed by atoms with Crippen LogP contribution in [0.25, 0.3) is 0 Å². The van der Waals surface area contributed by atoms with Gasteiger partial charge in [-0.15, -0.1) is 0 Å². The second-order valence-corrected chi connectivity index (χ2v) is 8.66. The van der Waals surface area contributed by atoms with Crippen LogP contribution in [0.4, 0.5) is 0 Å². The summed E-state index contributed by atoms with van der Waals surface area (Å²) in [6.45, 7) is 12.9. The van der Waals surface area contributed by atoms with Crippen LogP contribution in [-0.2, 0) is 23.9 Å². The average molecular weight is 350 g/mol. The highest BCUT2D eigenvalue weighted by Gasteiger charge is 2.89. The predicted molar refractivity (Wildman–Crippen MR) is 88.5 cm³/mol. The fourth-order valence-corrected chi connectivity index (χ4v) is 4.95. The third kappa shape index (κ3) is 2.01. The molecule has 1 saturated heterocycles. The van der Waals surface area contributed by atoms with Crippen molar-refractivity contribution in [2.75, 3.05) is 0 Å². The molecule has 1 spiro atoms. The minimum atomic E-state index is -1.58. The number of ketones is 1. The van der Waals surface area contributed by atoms with Crippen LogP contribution >= 0.6 is 0 Å². The van der Waals surface area contributed by atoms with E-state index in [2.05, 4.69) is 6.58 Å². The van der Waals surface area contributed by atoms with E-state index in [1.165, 1.54) is 0 Å². The highest BCUT2D eigenvalue weighted by Crippen LogP contribution is 2.72. The van der Waals surface area contributed by atoms with Crippen molar-refractivity contribution in [1.82, 2.24) is 0 Å². The topological polar surface area (TPSA) is 93.2 Å². The van der Waals surface area contributed by atoms with Gasteiger partial charge in [-0.05, 0) is 12.3 Å². The third-order valence-corrected chi connectivity index (χ3v) is 6.27. The van der Waals surface area contributed by atoms with E-state index >= 15 is 0 Å². The van der Waals surface area contributed by atoms with Crippen LogP contribution in [0.2, 0.25) is 0 Å². The van der Waals surface area contributed by atoms with Gasteiger partial charge in [0.1, 0.15) is 18.5 Å². The van der Waals surface area contributed by atoms with Gasteiger partial charge < -0.3 is 14.6 Å². The summed E-state index contributed by atoms with van der Waals surface area (Å²) in [6.07, 6.45) is -0.801. The first-order valence-electron chi connectivity index (χ1n) is 8.75. The molecule has 2 aliphatic carbocycles. The Morgan fingerprint density at radius 3 is 2.56 bits per heavy atom. The number of epoxide rings is 1. The largest absolute Gasteiger partial charge is 0.458 e. The monoisotopic (exact) mass is 350 g/mol. The molecule has 0 aromatic carbocycles. The summed E-state index contributed by atoms with van der Waals surface area (Å²) in [5.41, 5.74) is -3.18. The molecule has 25 heavy (non-hydrogen) atoms. The van der Waals surface area contributed by atoms with E-state index in [4.69, 9.17) is 9.47 Å². The van der Waals surface area contributed by atoms with Gasteiger partial charge in [0.2, 0.25) is 5.78 Å². The molecule has 0 aromatic heterocycles. The fraction of sp³-hybridized carbons (Fsp3) is 0.737. The lowest BCUT2D eigenvalue weighted by atomic mass is 9.64. The van der Waals surface area contributed by atoms with Crippen molar-refractivity contribution in [3.8, 4) is 0 Å². The number of rotatable bonds is 4. The Kier molecular flexibility index (Phi) is 3.83. The number of Topliss-reactive ketones (excluding diaryl/α,β-unsaturated/α-hetero) is 1. The Bertz CT molecular complexity index is 665. The normalized spacial score (nSPS) is 44.0. The molecule has 2 saturated carbocycles. The first-order valence-corrected chi connectivity index (χ1v) is 8.75. The molecule has 1 N–H and O–H groups in total. The average Bonchev–Trinajstić information content (AvgIpc) is 3.19. The molecule has 1 aliphatic heterocycles. The van der Waals surface area contributed by atoms with Gasteiger partial charge in [0.25, 0.3) is 0 Å². The smallest absolute Gasteiger partial charge is 0.308 e. The van der Waals surface area contributed by atoms with Crippen LogP contribution in [0.15, 0.2) is 12.2 Å². The molecule has 0 radical (unpaired) electrons. The zero-order valence-corrected chi connectivity index (χ0v) is 15.4. The fourth-order valence-electron chi connectivity index (χ4n) is 4.95. The Hall–Kier alpha value is -1.53. The van der Waals surface area contributed by atoms with Crippen LogP contribution in [0.5, 0.6) is 0 Å². The zero-order valence-electron chi connectivity index (χ0n) is 15.4. The minimum Gasteiger partial charge on any atom is -0.458 e. The second-order valence-electron chi connectivity index (χ2n) is 8.66. The lowest BCUT2D eigenvalue weighted by Gasteiger charge is -2.37. The molecule has 1 heterocycles. The van der Waals surface area contributed by atoms with Gasteiger partial charge in [-0.25, -0.2) is 0 Å². The summed E-state index contributed by atoms with van der Waals surface area (Å²) in [5.74, 6) is -1.82. The van der Waals surface area contributed by atoms with Crippen molar-refractivity contribution < 1.29 is 29.0 Å². The van der Waals surface area contributed by atoms with E-state index in [0.717, 1.165) is 0 Å². The first-order chi connectivity index (χ1) is 11.5. The molecule has 138 valence electrons. The molecule has 3 rings (SSSR count). The van der Waals surface area contributed by atoms with Crippen LogP contribution in [0, 0.1) is 23.2 Å². The summed E-state index contributed by atoms with van der Waals surface area (Å²) >= 11 is 0. The van der Waals surface area contributed by atoms with Gasteiger partial charge in [-0.1, -0.05) is 41.2 Å². The number of aliphatic hydroxyl groups is 1. The number of ether oxygens (including phenoxy) is 2. The maximum Gasteiger partial charge on any atom is 0.308 e. The molecular formula is C19H26O6. The Morgan fingerprint density at radius 1 is 1.44 bits per heavy atom. The second kappa shape index (κ2) is 5.24. The summed E-state index contributed by atoms with van der Waals surface area (Å²) in [4.78, 5) is 36.6. The third-order valence-electron chi connectivity index (χ3n) is 6.27. The standard InChI is InChI=1S/C19H26O6/c1-9(2)15(23)24-16-17(5,6)7-12-11(4)13(21)14(22)18(10(3)8-20)19(12,16)25-18/h8-9,11-13,16,21H,3,7H2,1-2,4-6H3. The molecule has 0 amide bonds. The van der Waals surface area contributed by atoms with Crippen molar-refractivity contribution in [3.05, 3.63) is 12.2 Å². The predicted octanol–water partition coefficient (Wildman–Crippen LogP) is 1.44. The Labute approximate surface area is 147 Å². The molecule has 0 bridgehead atoms. The molecular weight excluding hydrogens is 324 g/mol. The van der Waals surface area contributed by atoms with Crippen molar-refractivity contribution in [2.24, 2.45) is 23.2 Å². The van der Waals surface area contributed by atoms with Gasteiger partial charge in [-0.2, -0.15) is 0 Å². The number of aldehydes is 1. The molecule has 0 aromatic rings. The van der Waals surface area contributed by atoms with Gasteiger partial charge in [-0.3, -0.25) is 14.4 Å². The van der Waals surface area contributed by atoms with Crippen LogP contribution in [0.3, 0.4) is 0 Å². The zero-order chi connectivity index (χ0) is 18.9. The summed E-state index contributed by atoms with van der Waals surface area (Å²) in [7, 11) is 0. The Balaban J connectivity index is 2.12. The maximum absolute atomic E-state index is 12.9. The van der Waals surface area contributed by atoms with E-state index in [1.54, 1.807) is 20.8 Å². The van der Waals surface area contributed by atoms with E-state index in [9.17, 15) is 19.5 Å². The van der Waals surface area contributed by atoms with Crippen LogP contribution in [0.1, 0.15) is 41.0 Å². The van der Waals surface area contributed by atoms with Gasteiger partial charge in [0.15, 0.2) is 11.2 Å². The van der Waals surface area contributed by atoms with E-state index < -0.39 is 34.6 Å². The van der Waals surface area contributed by atoms with Gasteiger partial charge >= 0.3 is 5.97 Å². The quantitative estimate of drug-likeness (QED) is 0.357. The highest BCUT2D eigenvalue weighted by molar-refractivity contribution is 6.05. The summed E-state index contributed by atoms with van der Waals surface area (Å²) < 4.78 is 11.8. The lowest BCUT2D eigenvalue weighted by Crippen LogP contribution is -2.58. The minimum absolute atomic E-state index is 0.0169. The first kappa shape index (κ1) is 18.3. The molecule has 3 fully saturated rings. The number of carbonyl (C=O) groups excluding carboxylic acids is 3. The van der Waals surface area contributed by atoms with Gasteiger partial charge in [0, 0.05) is 16.9 Å². The molecule has 6 nitrogen and oxygen atoms in total. The summed E-state index contributed by atoms with van der Waals surface area (Å²) in [6, 6.07) is 0. The number of aliphatic hydroxyl groups excluding tert-OH is 1. The van der Waals surface area contributed by atoms with Crippen LogP contribution in [-0.4, -0.2) is 46.6 Å². The highest BCUT2D eigenvalue weighted by atomic mass is 16.7. The number of hydrogen-bond donors (Lipinski definition) is 1. The molecule has 6 heteroatoms. The summed E-state index contributed by atoms with van der Waals surface area (Å²) in [5, 5.41) is 10.4. The van der Waals surface area contributed by atoms with E-state index in [-0.39, 0.29) is 29.3 Å². The van der Waals surface area contributed by atoms with E-state index in [0.29, 0.717) is 12.7 Å². The Morgan fingerprint density at radius 2 is 2.04 bits per heavy atom. The van der Waals surface area contributed by atoms with Crippen molar-refractivity contribution >= 4 is 18.0 Å². The maximum atomic E-state index is 12.9. The molecule has 3 aliphatic rings. The number of hydrogen-bond acceptors (Lipinski definition) is 6. The van der Waals surface area contributed by atoms with Crippen molar-refractivity contribution in [1.29, 1.82) is 0 Å². The number of carbonyl (C=O) groups is 3. The SMILES string of the molecule is C=C(C=O)C12OC13C(CC(C)(C)C3OC(=O)C(C)C)C(C)C(O)C2=O. The van der Waals surface area contributed by atoms with Gasteiger partial charge in [0.05, 0.1) is 5.92 Å². The van der Waals surface area contributed by atoms with E-state index in [1.807, 2.05) is 13.8 Å². The lowest BCUT2D eigenvalue weighted by molar-refractivity contribution is -0.162. The van der Waals surface area contributed by atoms with Crippen LogP contribution < -0.4 is 0 Å². The van der Waals surface area contributed by atoms with Crippen molar-refractivity contribution in [3.63, 3.8) is 0 Å². The molecule has 6 unspecified atom stereocenters. The molecule has 6 atom stereocenters. The van der Waals surface area contributed by atoms with Crippen molar-refractivity contribution in [2.45, 2.75) is 64.4 Å². The number of esters is 1.